The van der Waals surface area contributed by atoms with E-state index in [0.717, 1.165) is 56.0 Å². The van der Waals surface area contributed by atoms with E-state index in [1.165, 1.54) is 0 Å². The van der Waals surface area contributed by atoms with E-state index < -0.39 is 0 Å². The van der Waals surface area contributed by atoms with Crippen molar-refractivity contribution in [3.63, 3.8) is 0 Å². The van der Waals surface area contributed by atoms with Crippen molar-refractivity contribution >= 4 is 5.91 Å². The van der Waals surface area contributed by atoms with Crippen LogP contribution in [0.3, 0.4) is 0 Å². The number of carbonyl (C=O) groups is 1. The van der Waals surface area contributed by atoms with Crippen LogP contribution in [0, 0.1) is 11.3 Å². The molecule has 5 nitrogen and oxygen atoms in total. The average molecular weight is 354 g/mol. The van der Waals surface area contributed by atoms with Gasteiger partial charge in [-0.2, -0.15) is 5.10 Å². The van der Waals surface area contributed by atoms with Gasteiger partial charge in [0.2, 0.25) is 5.91 Å². The zero-order valence-electron chi connectivity index (χ0n) is 16.4. The third-order valence-corrected chi connectivity index (χ3v) is 4.93. The van der Waals surface area contributed by atoms with Crippen molar-refractivity contribution in [3.05, 3.63) is 36.2 Å². The van der Waals surface area contributed by atoms with Crippen LogP contribution in [-0.4, -0.2) is 38.7 Å². The third-order valence-electron chi connectivity index (χ3n) is 4.93. The van der Waals surface area contributed by atoms with E-state index in [4.69, 9.17) is 4.98 Å². The summed E-state index contributed by atoms with van der Waals surface area (Å²) < 4.78 is 2.02. The van der Waals surface area contributed by atoms with Crippen molar-refractivity contribution in [1.82, 2.24) is 19.7 Å². The maximum Gasteiger partial charge on any atom is 0.227 e. The molecule has 1 fully saturated rings. The smallest absolute Gasteiger partial charge is 0.227 e. The largest absolute Gasteiger partial charge is 0.342 e. The van der Waals surface area contributed by atoms with E-state index in [0.29, 0.717) is 5.92 Å². The Hall–Kier alpha value is -2.17. The topological polar surface area (TPSA) is 51.0 Å². The molecule has 1 aliphatic rings. The van der Waals surface area contributed by atoms with Crippen molar-refractivity contribution in [2.24, 2.45) is 11.3 Å². The maximum absolute atomic E-state index is 12.5. The molecule has 140 valence electrons. The van der Waals surface area contributed by atoms with Crippen LogP contribution in [-0.2, 0) is 17.8 Å². The molecule has 3 heterocycles. The SMILES string of the molecule is CCCn1nccc1-c1cccc(CC2CCN(C(=O)C(C)(C)C)C2)n1. The molecule has 0 saturated carbocycles. The summed E-state index contributed by atoms with van der Waals surface area (Å²) in [6, 6.07) is 8.25. The van der Waals surface area contributed by atoms with E-state index >= 15 is 0 Å². The molecular weight excluding hydrogens is 324 g/mol. The molecule has 2 aromatic heterocycles. The van der Waals surface area contributed by atoms with E-state index in [2.05, 4.69) is 30.2 Å². The summed E-state index contributed by atoms with van der Waals surface area (Å²) in [5.41, 5.74) is 2.85. The number of hydrogen-bond acceptors (Lipinski definition) is 3. The molecule has 3 rings (SSSR count). The Bertz CT molecular complexity index is 759. The van der Waals surface area contributed by atoms with Gasteiger partial charge in [-0.15, -0.1) is 0 Å². The molecule has 0 radical (unpaired) electrons. The minimum Gasteiger partial charge on any atom is -0.342 e. The second-order valence-electron chi connectivity index (χ2n) is 8.31. The van der Waals surface area contributed by atoms with Crippen molar-refractivity contribution < 1.29 is 4.79 Å². The predicted octanol–water partition coefficient (Wildman–Crippen LogP) is 3.79. The molecule has 5 heteroatoms. The number of rotatable bonds is 5. The Morgan fingerprint density at radius 2 is 2.08 bits per heavy atom. The van der Waals surface area contributed by atoms with Gasteiger partial charge in [-0.05, 0) is 43.4 Å². The Morgan fingerprint density at radius 3 is 2.81 bits per heavy atom. The average Bonchev–Trinajstić information content (AvgIpc) is 3.23. The number of aryl methyl sites for hydroxylation is 1. The lowest BCUT2D eigenvalue weighted by atomic mass is 9.95. The third kappa shape index (κ3) is 4.14. The number of nitrogens with zero attached hydrogens (tertiary/aromatic N) is 4. The zero-order chi connectivity index (χ0) is 18.7. The van der Waals surface area contributed by atoms with E-state index in [-0.39, 0.29) is 11.3 Å². The highest BCUT2D eigenvalue weighted by Gasteiger charge is 2.32. The summed E-state index contributed by atoms with van der Waals surface area (Å²) in [5, 5.41) is 4.40. The number of aromatic nitrogens is 3. The van der Waals surface area contributed by atoms with Gasteiger partial charge in [0.1, 0.15) is 0 Å². The van der Waals surface area contributed by atoms with Gasteiger partial charge in [-0.3, -0.25) is 14.5 Å². The Labute approximate surface area is 156 Å². The first kappa shape index (κ1) is 18.6. The van der Waals surface area contributed by atoms with Crippen LogP contribution >= 0.6 is 0 Å². The zero-order valence-corrected chi connectivity index (χ0v) is 16.4. The van der Waals surface area contributed by atoms with Crippen LogP contribution in [0.25, 0.3) is 11.4 Å². The minimum atomic E-state index is -0.301. The summed E-state index contributed by atoms with van der Waals surface area (Å²) in [7, 11) is 0. The molecule has 1 unspecified atom stereocenters. The quantitative estimate of drug-likeness (QED) is 0.821. The summed E-state index contributed by atoms with van der Waals surface area (Å²) in [4.78, 5) is 19.4. The summed E-state index contributed by atoms with van der Waals surface area (Å²) in [6.45, 7) is 10.7. The molecule has 26 heavy (non-hydrogen) atoms. The number of amides is 1. The fourth-order valence-electron chi connectivity index (χ4n) is 3.63. The van der Waals surface area contributed by atoms with Crippen molar-refractivity contribution in [2.45, 2.75) is 53.5 Å². The highest BCUT2D eigenvalue weighted by atomic mass is 16.2. The summed E-state index contributed by atoms with van der Waals surface area (Å²) in [5.74, 6) is 0.745. The lowest BCUT2D eigenvalue weighted by molar-refractivity contribution is -0.138. The highest BCUT2D eigenvalue weighted by molar-refractivity contribution is 5.81. The molecule has 0 N–H and O–H groups in total. The monoisotopic (exact) mass is 354 g/mol. The molecular formula is C21H30N4O. The molecule has 0 bridgehead atoms. The lowest BCUT2D eigenvalue weighted by Crippen LogP contribution is -2.38. The molecule has 1 amide bonds. The number of hydrogen-bond donors (Lipinski definition) is 0. The highest BCUT2D eigenvalue weighted by Crippen LogP contribution is 2.26. The van der Waals surface area contributed by atoms with Crippen LogP contribution in [0.15, 0.2) is 30.5 Å². The fourth-order valence-corrected chi connectivity index (χ4v) is 3.63. The molecule has 2 aromatic rings. The fraction of sp³-hybridized carbons (Fsp3) is 0.571. The van der Waals surface area contributed by atoms with Gasteiger partial charge >= 0.3 is 0 Å². The van der Waals surface area contributed by atoms with Crippen LogP contribution < -0.4 is 0 Å². The van der Waals surface area contributed by atoms with Gasteiger partial charge in [-0.1, -0.05) is 33.8 Å². The minimum absolute atomic E-state index is 0.255. The van der Waals surface area contributed by atoms with E-state index in [1.54, 1.807) is 0 Å². The lowest BCUT2D eigenvalue weighted by Gasteiger charge is -2.25. The van der Waals surface area contributed by atoms with Crippen molar-refractivity contribution in [1.29, 1.82) is 0 Å². The van der Waals surface area contributed by atoms with Gasteiger partial charge in [0.05, 0.1) is 11.4 Å². The number of likely N-dealkylation sites (tertiary alicyclic amines) is 1. The van der Waals surface area contributed by atoms with Crippen LogP contribution in [0.4, 0.5) is 0 Å². The second-order valence-corrected chi connectivity index (χ2v) is 8.31. The van der Waals surface area contributed by atoms with Gasteiger partial charge < -0.3 is 4.90 Å². The first-order valence-corrected chi connectivity index (χ1v) is 9.66. The van der Waals surface area contributed by atoms with Crippen LogP contribution in [0.1, 0.15) is 46.2 Å². The van der Waals surface area contributed by atoms with E-state index in [1.807, 2.05) is 42.6 Å². The number of pyridine rings is 1. The summed E-state index contributed by atoms with van der Waals surface area (Å²) >= 11 is 0. The Kier molecular flexibility index (Phi) is 5.44. The van der Waals surface area contributed by atoms with Crippen molar-refractivity contribution in [2.75, 3.05) is 13.1 Å². The Balaban J connectivity index is 1.68. The van der Waals surface area contributed by atoms with E-state index in [9.17, 15) is 4.79 Å². The predicted molar refractivity (Wildman–Crippen MR) is 104 cm³/mol. The van der Waals surface area contributed by atoms with Crippen LogP contribution in [0.5, 0.6) is 0 Å². The molecule has 1 atom stereocenters. The molecule has 1 aliphatic heterocycles. The maximum atomic E-state index is 12.5. The molecule has 0 spiro atoms. The van der Waals surface area contributed by atoms with Crippen molar-refractivity contribution in [3.8, 4) is 11.4 Å². The second kappa shape index (κ2) is 7.60. The summed E-state index contributed by atoms with van der Waals surface area (Å²) in [6.07, 6.45) is 4.87. The first-order valence-electron chi connectivity index (χ1n) is 9.66. The standard InChI is InChI=1S/C21H30N4O/c1-5-12-25-19(9-11-22-25)18-8-6-7-17(23-18)14-16-10-13-24(15-16)20(26)21(2,3)4/h6-9,11,16H,5,10,12-15H2,1-4H3. The first-order chi connectivity index (χ1) is 12.4. The van der Waals surface area contributed by atoms with Gasteiger partial charge in [-0.25, -0.2) is 0 Å². The molecule has 1 saturated heterocycles. The Morgan fingerprint density at radius 1 is 1.27 bits per heavy atom. The van der Waals surface area contributed by atoms with Gasteiger partial charge in [0.15, 0.2) is 0 Å². The normalized spacial score (nSPS) is 17.7. The van der Waals surface area contributed by atoms with Gasteiger partial charge in [0, 0.05) is 36.9 Å². The molecule has 0 aromatic carbocycles. The molecule has 0 aliphatic carbocycles. The number of carbonyl (C=O) groups excluding carboxylic acids is 1. The van der Waals surface area contributed by atoms with Crippen LogP contribution in [0.2, 0.25) is 0 Å². The van der Waals surface area contributed by atoms with Gasteiger partial charge in [0.25, 0.3) is 0 Å².